The maximum atomic E-state index is 13.1. The zero-order valence-electron chi connectivity index (χ0n) is 15.6. The number of urea groups is 1. The lowest BCUT2D eigenvalue weighted by atomic mass is 9.92. The first kappa shape index (κ1) is 18.6. The Kier molecular flexibility index (Phi) is 4.30. The molecule has 1 fully saturated rings. The van der Waals surface area contributed by atoms with Crippen molar-refractivity contribution in [2.75, 3.05) is 11.9 Å². The number of nitro groups is 1. The van der Waals surface area contributed by atoms with Crippen molar-refractivity contribution in [3.05, 3.63) is 69.3 Å². The van der Waals surface area contributed by atoms with Crippen molar-refractivity contribution in [2.45, 2.75) is 25.3 Å². The van der Waals surface area contributed by atoms with Crippen molar-refractivity contribution in [3.63, 3.8) is 0 Å². The van der Waals surface area contributed by atoms with Gasteiger partial charge in [0.2, 0.25) is 5.91 Å². The van der Waals surface area contributed by atoms with E-state index in [9.17, 15) is 24.5 Å². The second-order valence-electron chi connectivity index (χ2n) is 7.19. The molecule has 29 heavy (non-hydrogen) atoms. The highest BCUT2D eigenvalue weighted by molar-refractivity contribution is 6.11. The summed E-state index contributed by atoms with van der Waals surface area (Å²) in [5, 5.41) is 16.3. The fraction of sp³-hybridized carbons (Fsp3) is 0.250. The molecule has 9 heteroatoms. The van der Waals surface area contributed by atoms with Gasteiger partial charge in [0, 0.05) is 17.3 Å². The normalized spacial score (nSPS) is 20.0. The molecule has 0 bridgehead atoms. The molecule has 148 valence electrons. The van der Waals surface area contributed by atoms with Crippen LogP contribution < -0.4 is 10.6 Å². The number of benzene rings is 2. The van der Waals surface area contributed by atoms with Crippen molar-refractivity contribution in [2.24, 2.45) is 0 Å². The van der Waals surface area contributed by atoms with Crippen LogP contribution in [-0.2, 0) is 21.5 Å². The number of nitrogens with zero attached hydrogens (tertiary/aromatic N) is 2. The van der Waals surface area contributed by atoms with Gasteiger partial charge < -0.3 is 10.6 Å². The molecule has 2 N–H and O–H groups in total. The Bertz CT molecular complexity index is 1070. The van der Waals surface area contributed by atoms with E-state index in [1.54, 1.807) is 6.92 Å². The predicted molar refractivity (Wildman–Crippen MR) is 103 cm³/mol. The number of fused-ring (bicyclic) bond motifs is 2. The Hall–Kier alpha value is -3.75. The summed E-state index contributed by atoms with van der Waals surface area (Å²) < 4.78 is 0. The lowest BCUT2D eigenvalue weighted by molar-refractivity contribution is -0.385. The first-order chi connectivity index (χ1) is 13.8. The zero-order chi connectivity index (χ0) is 20.8. The molecule has 4 amide bonds. The molecule has 0 unspecified atom stereocenters. The molecule has 1 spiro atoms. The summed E-state index contributed by atoms with van der Waals surface area (Å²) >= 11 is 0. The molecular formula is C20H18N4O5. The fourth-order valence-corrected chi connectivity index (χ4v) is 3.96. The minimum absolute atomic E-state index is 0.126. The summed E-state index contributed by atoms with van der Waals surface area (Å²) in [5.74, 6) is -1.08. The monoisotopic (exact) mass is 394 g/mol. The average Bonchev–Trinajstić information content (AvgIpc) is 3.17. The molecule has 1 aliphatic heterocycles. The van der Waals surface area contributed by atoms with E-state index in [1.165, 1.54) is 18.2 Å². The molecule has 9 nitrogen and oxygen atoms in total. The number of hydrogen-bond donors (Lipinski definition) is 2. The van der Waals surface area contributed by atoms with E-state index >= 15 is 0 Å². The van der Waals surface area contributed by atoms with Gasteiger partial charge in [-0.05, 0) is 37.0 Å². The molecule has 4 rings (SSSR count). The van der Waals surface area contributed by atoms with Crippen LogP contribution in [-0.4, -0.2) is 34.2 Å². The minimum Gasteiger partial charge on any atom is -0.324 e. The molecule has 0 radical (unpaired) electrons. The summed E-state index contributed by atoms with van der Waals surface area (Å²) in [5.41, 5.74) is 1.19. The van der Waals surface area contributed by atoms with Gasteiger partial charge >= 0.3 is 6.03 Å². The van der Waals surface area contributed by atoms with Crippen molar-refractivity contribution in [3.8, 4) is 0 Å². The van der Waals surface area contributed by atoms with Crippen molar-refractivity contribution < 1.29 is 19.3 Å². The molecule has 2 aromatic carbocycles. The largest absolute Gasteiger partial charge is 0.325 e. The Morgan fingerprint density at radius 3 is 2.79 bits per heavy atom. The number of carbonyl (C=O) groups excluding carboxylic acids is 3. The molecule has 1 aliphatic carbocycles. The average molecular weight is 394 g/mol. The zero-order valence-corrected chi connectivity index (χ0v) is 15.6. The number of hydrogen-bond acceptors (Lipinski definition) is 5. The smallest absolute Gasteiger partial charge is 0.324 e. The number of carbonyl (C=O) groups is 3. The van der Waals surface area contributed by atoms with Crippen LogP contribution >= 0.6 is 0 Å². The third-order valence-corrected chi connectivity index (χ3v) is 5.41. The van der Waals surface area contributed by atoms with Crippen LogP contribution in [0.4, 0.5) is 16.2 Å². The highest BCUT2D eigenvalue weighted by Crippen LogP contribution is 2.41. The Labute approximate surface area is 165 Å². The summed E-state index contributed by atoms with van der Waals surface area (Å²) in [7, 11) is 0. The third-order valence-electron chi connectivity index (χ3n) is 5.41. The third kappa shape index (κ3) is 3.00. The van der Waals surface area contributed by atoms with Crippen LogP contribution in [0.3, 0.4) is 0 Å². The second-order valence-corrected chi connectivity index (χ2v) is 7.19. The van der Waals surface area contributed by atoms with Gasteiger partial charge in [0.25, 0.3) is 11.6 Å². The lowest BCUT2D eigenvalue weighted by Crippen LogP contribution is -2.43. The first-order valence-electron chi connectivity index (χ1n) is 9.09. The van der Waals surface area contributed by atoms with Crippen LogP contribution in [0.1, 0.15) is 23.1 Å². The maximum Gasteiger partial charge on any atom is 0.325 e. The van der Waals surface area contributed by atoms with Gasteiger partial charge in [-0.25, -0.2) is 4.79 Å². The predicted octanol–water partition coefficient (Wildman–Crippen LogP) is 2.24. The van der Waals surface area contributed by atoms with Gasteiger partial charge in [-0.15, -0.1) is 0 Å². The Morgan fingerprint density at radius 2 is 2.03 bits per heavy atom. The summed E-state index contributed by atoms with van der Waals surface area (Å²) in [4.78, 5) is 49.3. The summed E-state index contributed by atoms with van der Waals surface area (Å²) in [6.45, 7) is 1.12. The highest BCUT2D eigenvalue weighted by Gasteiger charge is 2.55. The lowest BCUT2D eigenvalue weighted by Gasteiger charge is -2.22. The fourth-order valence-electron chi connectivity index (χ4n) is 3.96. The van der Waals surface area contributed by atoms with Gasteiger partial charge in [-0.2, -0.15) is 0 Å². The van der Waals surface area contributed by atoms with Crippen LogP contribution in [0.5, 0.6) is 0 Å². The molecule has 0 aromatic heterocycles. The summed E-state index contributed by atoms with van der Waals surface area (Å²) in [6.07, 6.45) is 1.11. The van der Waals surface area contributed by atoms with E-state index in [-0.39, 0.29) is 11.4 Å². The molecule has 1 heterocycles. The van der Waals surface area contributed by atoms with Crippen molar-refractivity contribution >= 4 is 29.2 Å². The number of aryl methyl sites for hydroxylation is 2. The summed E-state index contributed by atoms with van der Waals surface area (Å²) in [6, 6.07) is 11.1. The van der Waals surface area contributed by atoms with Crippen LogP contribution in [0, 0.1) is 17.0 Å². The number of anilines is 1. The van der Waals surface area contributed by atoms with Crippen LogP contribution in [0.15, 0.2) is 42.5 Å². The van der Waals surface area contributed by atoms with E-state index in [4.69, 9.17) is 0 Å². The Balaban J connectivity index is 1.51. The van der Waals surface area contributed by atoms with Gasteiger partial charge in [0.05, 0.1) is 4.92 Å². The van der Waals surface area contributed by atoms with E-state index < -0.39 is 34.9 Å². The number of rotatable bonds is 4. The van der Waals surface area contributed by atoms with Crippen molar-refractivity contribution in [1.82, 2.24) is 10.2 Å². The maximum absolute atomic E-state index is 13.1. The SMILES string of the molecule is Cc1ccc(NC(=O)CN2C(=O)N[C@@]3(CCc4ccccc43)C2=O)cc1[N+](=O)[O-]. The molecule has 1 atom stereocenters. The van der Waals surface area contributed by atoms with E-state index in [0.29, 0.717) is 18.4 Å². The number of amides is 4. The van der Waals surface area contributed by atoms with Crippen LogP contribution in [0.2, 0.25) is 0 Å². The molecule has 1 saturated heterocycles. The quantitative estimate of drug-likeness (QED) is 0.468. The Morgan fingerprint density at radius 1 is 1.28 bits per heavy atom. The number of nitro benzene ring substituents is 1. The standard InChI is InChI=1S/C20H18N4O5/c1-12-6-7-14(10-16(12)24(28)29)21-17(25)11-23-18(26)20(22-19(23)27)9-8-13-4-2-3-5-15(13)20/h2-7,10H,8-9,11H2,1H3,(H,21,25)(H,22,27)/t20-/m1/s1. The highest BCUT2D eigenvalue weighted by atomic mass is 16.6. The van der Waals surface area contributed by atoms with E-state index in [0.717, 1.165) is 16.0 Å². The van der Waals surface area contributed by atoms with Crippen LogP contribution in [0.25, 0.3) is 0 Å². The van der Waals surface area contributed by atoms with E-state index in [1.807, 2.05) is 24.3 Å². The van der Waals surface area contributed by atoms with Gasteiger partial charge in [0.15, 0.2) is 0 Å². The first-order valence-corrected chi connectivity index (χ1v) is 9.09. The van der Waals surface area contributed by atoms with Gasteiger partial charge in [-0.3, -0.25) is 24.6 Å². The number of imide groups is 1. The van der Waals surface area contributed by atoms with Gasteiger partial charge in [0.1, 0.15) is 12.1 Å². The topological polar surface area (TPSA) is 122 Å². The molecule has 2 aromatic rings. The van der Waals surface area contributed by atoms with E-state index in [2.05, 4.69) is 10.6 Å². The molecular weight excluding hydrogens is 376 g/mol. The van der Waals surface area contributed by atoms with Crippen molar-refractivity contribution in [1.29, 1.82) is 0 Å². The second kappa shape index (κ2) is 6.69. The molecule has 0 saturated carbocycles. The number of nitrogens with one attached hydrogen (secondary N) is 2. The molecule has 2 aliphatic rings. The van der Waals surface area contributed by atoms with Gasteiger partial charge in [-0.1, -0.05) is 30.3 Å². The minimum atomic E-state index is -1.13.